The third-order valence-electron chi connectivity index (χ3n) is 11.1. The lowest BCUT2D eigenvalue weighted by Crippen LogP contribution is -2.61. The molecule has 0 aliphatic carbocycles. The van der Waals surface area contributed by atoms with Crippen LogP contribution in [0.4, 0.5) is 0 Å². The topological polar surface area (TPSA) is 231 Å². The summed E-state index contributed by atoms with van der Waals surface area (Å²) in [4.78, 5) is 25.5. The van der Waals surface area contributed by atoms with Gasteiger partial charge in [0.05, 0.1) is 19.8 Å². The van der Waals surface area contributed by atoms with Crippen LogP contribution >= 0.6 is 0 Å². The fourth-order valence-corrected chi connectivity index (χ4v) is 7.28. The van der Waals surface area contributed by atoms with Crippen molar-refractivity contribution in [2.24, 2.45) is 0 Å². The van der Waals surface area contributed by atoms with Crippen molar-refractivity contribution in [1.82, 2.24) is 0 Å². The molecular formula is C43H80O15. The quantitative estimate of drug-likeness (QED) is 0.0350. The molecule has 0 spiro atoms. The summed E-state index contributed by atoms with van der Waals surface area (Å²) >= 11 is 0. The van der Waals surface area contributed by atoms with Crippen molar-refractivity contribution < 1.29 is 73.8 Å². The Labute approximate surface area is 347 Å². The van der Waals surface area contributed by atoms with Crippen LogP contribution in [0.3, 0.4) is 0 Å². The highest BCUT2D eigenvalue weighted by molar-refractivity contribution is 5.70. The van der Waals surface area contributed by atoms with Gasteiger partial charge in [-0.25, -0.2) is 0 Å². The normalized spacial score (nSPS) is 28.0. The van der Waals surface area contributed by atoms with Crippen molar-refractivity contribution in [3.05, 3.63) is 0 Å². The molecule has 0 aromatic rings. The van der Waals surface area contributed by atoms with E-state index in [9.17, 15) is 45.3 Å². The number of unbranched alkanes of at least 4 members (excludes halogenated alkanes) is 20. The molecule has 2 rings (SSSR count). The second-order valence-electron chi connectivity index (χ2n) is 16.2. The van der Waals surface area contributed by atoms with Crippen molar-refractivity contribution in [1.29, 1.82) is 0 Å². The average Bonchev–Trinajstić information content (AvgIpc) is 3.21. The summed E-state index contributed by atoms with van der Waals surface area (Å²) in [5.74, 6) is -0.919. The second kappa shape index (κ2) is 32.2. The van der Waals surface area contributed by atoms with Gasteiger partial charge in [0.2, 0.25) is 0 Å². The molecule has 0 radical (unpaired) electrons. The minimum absolute atomic E-state index is 0.172. The Balaban J connectivity index is 1.86. The fraction of sp³-hybridized carbons (Fsp3) is 0.953. The molecule has 2 aliphatic rings. The number of aliphatic hydroxyl groups excluding tert-OH is 7. The third kappa shape index (κ3) is 21.3. The Morgan fingerprint density at radius 1 is 0.483 bits per heavy atom. The number of carbonyl (C=O) groups excluding carboxylic acids is 2. The van der Waals surface area contributed by atoms with E-state index < -0.39 is 92.7 Å². The number of hydrogen-bond acceptors (Lipinski definition) is 15. The van der Waals surface area contributed by atoms with Crippen LogP contribution < -0.4 is 0 Å². The van der Waals surface area contributed by atoms with Crippen LogP contribution in [0.15, 0.2) is 0 Å². The lowest BCUT2D eigenvalue weighted by molar-refractivity contribution is -0.332. The summed E-state index contributed by atoms with van der Waals surface area (Å²) in [5.41, 5.74) is 0. The van der Waals surface area contributed by atoms with Crippen LogP contribution in [0.1, 0.15) is 168 Å². The van der Waals surface area contributed by atoms with Gasteiger partial charge in [-0.1, -0.05) is 142 Å². The van der Waals surface area contributed by atoms with Gasteiger partial charge < -0.3 is 64.2 Å². The molecule has 11 unspecified atom stereocenters. The molecule has 342 valence electrons. The van der Waals surface area contributed by atoms with Gasteiger partial charge in [0, 0.05) is 12.8 Å². The summed E-state index contributed by atoms with van der Waals surface area (Å²) in [6, 6.07) is 0. The second-order valence-corrected chi connectivity index (χ2v) is 16.2. The summed E-state index contributed by atoms with van der Waals surface area (Å²) in [6.07, 6.45) is 8.68. The Hall–Kier alpha value is -1.50. The first-order valence-corrected chi connectivity index (χ1v) is 22.6. The van der Waals surface area contributed by atoms with Gasteiger partial charge in [-0.3, -0.25) is 9.59 Å². The molecule has 15 nitrogen and oxygen atoms in total. The summed E-state index contributed by atoms with van der Waals surface area (Å²) < 4.78 is 33.4. The first-order valence-electron chi connectivity index (χ1n) is 22.6. The molecule has 0 aromatic carbocycles. The van der Waals surface area contributed by atoms with Gasteiger partial charge in [0.15, 0.2) is 18.7 Å². The predicted octanol–water partition coefficient (Wildman–Crippen LogP) is 4.48. The van der Waals surface area contributed by atoms with Gasteiger partial charge in [-0.2, -0.15) is 0 Å². The summed E-state index contributed by atoms with van der Waals surface area (Å²) in [7, 11) is 0. The Kier molecular flexibility index (Phi) is 29.3. The van der Waals surface area contributed by atoms with E-state index in [4.69, 9.17) is 28.4 Å². The van der Waals surface area contributed by atoms with Gasteiger partial charge in [-0.15, -0.1) is 0 Å². The highest BCUT2D eigenvalue weighted by Gasteiger charge is 2.47. The zero-order chi connectivity index (χ0) is 42.5. The van der Waals surface area contributed by atoms with E-state index in [1.54, 1.807) is 0 Å². The number of ether oxygens (including phenoxy) is 6. The molecule has 2 fully saturated rings. The van der Waals surface area contributed by atoms with Gasteiger partial charge >= 0.3 is 11.9 Å². The molecule has 0 bridgehead atoms. The lowest BCUT2D eigenvalue weighted by Gasteiger charge is -2.42. The standard InChI is InChI=1S/C43H80O15/c1-3-5-7-9-11-13-15-16-18-20-22-24-26-35(46)56-31(28-53-34(45)25-23-21-19-17-14-12-10-8-6-4-2)29-54-42-41(52)39(50)37(48)33(58-42)30-55-43-40(51)38(49)36(47)32(27-44)57-43/h31-33,36-44,47-52H,3-30H2,1-2H3. The minimum Gasteiger partial charge on any atom is -0.462 e. The molecule has 0 aromatic heterocycles. The SMILES string of the molecule is CCCCCCCCCCCCCCC(=O)OC(COC(=O)CCCCCCCCCCCC)COC1OC(COC2OC(CO)C(O)C(O)C2O)C(O)C(O)C1O. The van der Waals surface area contributed by atoms with Crippen LogP contribution in [0, 0.1) is 0 Å². The fourth-order valence-electron chi connectivity index (χ4n) is 7.28. The largest absolute Gasteiger partial charge is 0.462 e. The van der Waals surface area contributed by atoms with Gasteiger partial charge in [0.25, 0.3) is 0 Å². The molecule has 7 N–H and O–H groups in total. The van der Waals surface area contributed by atoms with Crippen LogP contribution in [-0.2, 0) is 38.0 Å². The third-order valence-corrected chi connectivity index (χ3v) is 11.1. The van der Waals surface area contributed by atoms with Crippen molar-refractivity contribution in [3.63, 3.8) is 0 Å². The molecule has 0 amide bonds. The zero-order valence-electron chi connectivity index (χ0n) is 35.5. The minimum atomic E-state index is -1.76. The number of carbonyl (C=O) groups is 2. The van der Waals surface area contributed by atoms with Gasteiger partial charge in [0.1, 0.15) is 55.4 Å². The van der Waals surface area contributed by atoms with E-state index in [1.807, 2.05) is 0 Å². The first kappa shape index (κ1) is 52.6. The maximum absolute atomic E-state index is 12.9. The Morgan fingerprint density at radius 2 is 0.879 bits per heavy atom. The lowest BCUT2D eigenvalue weighted by atomic mass is 9.98. The van der Waals surface area contributed by atoms with Crippen LogP contribution in [0.5, 0.6) is 0 Å². The van der Waals surface area contributed by atoms with Crippen molar-refractivity contribution in [2.45, 2.75) is 235 Å². The van der Waals surface area contributed by atoms with E-state index in [2.05, 4.69) is 13.8 Å². The van der Waals surface area contributed by atoms with Crippen LogP contribution in [0.25, 0.3) is 0 Å². The van der Waals surface area contributed by atoms with E-state index in [1.165, 1.54) is 89.9 Å². The van der Waals surface area contributed by atoms with Crippen LogP contribution in [-0.4, -0.2) is 142 Å². The maximum Gasteiger partial charge on any atom is 0.306 e. The summed E-state index contributed by atoms with van der Waals surface area (Å²) in [6.45, 7) is 2.56. The average molecular weight is 837 g/mol. The molecule has 2 saturated heterocycles. The number of rotatable bonds is 34. The Bertz CT molecular complexity index is 1030. The molecular weight excluding hydrogens is 756 g/mol. The van der Waals surface area contributed by atoms with Crippen molar-refractivity contribution in [2.75, 3.05) is 26.4 Å². The van der Waals surface area contributed by atoms with Gasteiger partial charge in [-0.05, 0) is 12.8 Å². The number of esters is 2. The maximum atomic E-state index is 12.9. The van der Waals surface area contributed by atoms with Crippen molar-refractivity contribution >= 4 is 11.9 Å². The molecule has 58 heavy (non-hydrogen) atoms. The zero-order valence-corrected chi connectivity index (χ0v) is 35.5. The molecule has 0 saturated carbocycles. The first-order chi connectivity index (χ1) is 28.0. The monoisotopic (exact) mass is 837 g/mol. The van der Waals surface area contributed by atoms with Crippen LogP contribution in [0.2, 0.25) is 0 Å². The molecule has 15 heteroatoms. The highest BCUT2D eigenvalue weighted by Crippen LogP contribution is 2.26. The molecule has 2 aliphatic heterocycles. The van der Waals surface area contributed by atoms with E-state index >= 15 is 0 Å². The molecule has 11 atom stereocenters. The highest BCUT2D eigenvalue weighted by atomic mass is 16.7. The van der Waals surface area contributed by atoms with E-state index in [0.717, 1.165) is 38.5 Å². The summed E-state index contributed by atoms with van der Waals surface area (Å²) in [5, 5.41) is 71.7. The van der Waals surface area contributed by atoms with E-state index in [-0.39, 0.29) is 26.1 Å². The Morgan fingerprint density at radius 3 is 1.34 bits per heavy atom. The van der Waals surface area contributed by atoms with E-state index in [0.29, 0.717) is 12.8 Å². The number of aliphatic hydroxyl groups is 7. The number of hydrogen-bond donors (Lipinski definition) is 7. The predicted molar refractivity (Wildman–Crippen MR) is 215 cm³/mol. The molecule has 2 heterocycles. The van der Waals surface area contributed by atoms with Crippen molar-refractivity contribution in [3.8, 4) is 0 Å². The smallest absolute Gasteiger partial charge is 0.306 e.